The Bertz CT molecular complexity index is 1000. The van der Waals surface area contributed by atoms with Gasteiger partial charge in [0.1, 0.15) is 12.4 Å². The fourth-order valence-corrected chi connectivity index (χ4v) is 3.52. The van der Waals surface area contributed by atoms with Gasteiger partial charge in [0.25, 0.3) is 0 Å². The van der Waals surface area contributed by atoms with Crippen LogP contribution in [-0.4, -0.2) is 42.4 Å². The van der Waals surface area contributed by atoms with E-state index in [1.165, 1.54) is 7.11 Å². The summed E-state index contributed by atoms with van der Waals surface area (Å²) in [5, 5.41) is 1.51. The molecule has 0 saturated heterocycles. The normalized spacial score (nSPS) is 18.3. The maximum atomic E-state index is 11.3. The van der Waals surface area contributed by atoms with Crippen LogP contribution in [0.15, 0.2) is 48.7 Å². The van der Waals surface area contributed by atoms with Crippen molar-refractivity contribution in [1.29, 1.82) is 0 Å². The number of rotatable bonds is 7. The maximum absolute atomic E-state index is 11.3. The Labute approximate surface area is 173 Å². The molecule has 1 saturated carbocycles. The highest BCUT2D eigenvalue weighted by Crippen LogP contribution is 2.31. The number of nitrogens with zero attached hydrogens (tertiary/aromatic N) is 2. The molecule has 0 bridgehead atoms. The predicted octanol–water partition coefficient (Wildman–Crippen LogP) is 4.30. The summed E-state index contributed by atoms with van der Waals surface area (Å²) >= 11 is 6.24. The molecule has 1 fully saturated rings. The van der Waals surface area contributed by atoms with Gasteiger partial charge in [-0.2, -0.15) is 0 Å². The second kappa shape index (κ2) is 8.76. The third-order valence-corrected chi connectivity index (χ3v) is 5.31. The van der Waals surface area contributed by atoms with Crippen LogP contribution in [0.2, 0.25) is 5.02 Å². The number of methoxy groups -OCH3 is 1. The number of ether oxygens (including phenoxy) is 3. The summed E-state index contributed by atoms with van der Waals surface area (Å²) in [6, 6.07) is 13.2. The van der Waals surface area contributed by atoms with Crippen molar-refractivity contribution in [2.45, 2.75) is 18.9 Å². The molecule has 0 aliphatic heterocycles. The van der Waals surface area contributed by atoms with E-state index in [0.717, 1.165) is 35.1 Å². The SMILES string of the molecule is COC(=O)C1CC(OCCOc2ccc(-c3ncc4cccc(Cl)c4n3)cc2)C1. The van der Waals surface area contributed by atoms with Gasteiger partial charge < -0.3 is 14.2 Å². The number of halogens is 1. The van der Waals surface area contributed by atoms with Crippen molar-refractivity contribution in [3.05, 3.63) is 53.7 Å². The van der Waals surface area contributed by atoms with Crippen LogP contribution in [0.25, 0.3) is 22.3 Å². The van der Waals surface area contributed by atoms with Crippen molar-refractivity contribution in [3.8, 4) is 17.1 Å². The smallest absolute Gasteiger partial charge is 0.308 e. The molecule has 0 radical (unpaired) electrons. The predicted molar refractivity (Wildman–Crippen MR) is 110 cm³/mol. The van der Waals surface area contributed by atoms with Gasteiger partial charge in [0.2, 0.25) is 0 Å². The highest BCUT2D eigenvalue weighted by atomic mass is 35.5. The molecule has 1 aromatic heterocycles. The number of benzene rings is 2. The molecule has 4 rings (SSSR count). The zero-order valence-electron chi connectivity index (χ0n) is 16.0. The summed E-state index contributed by atoms with van der Waals surface area (Å²) < 4.78 is 16.1. The lowest BCUT2D eigenvalue weighted by molar-refractivity contribution is -0.155. The minimum atomic E-state index is -0.154. The Hall–Kier alpha value is -2.70. The van der Waals surface area contributed by atoms with E-state index in [1.54, 1.807) is 6.20 Å². The van der Waals surface area contributed by atoms with E-state index in [-0.39, 0.29) is 18.0 Å². The maximum Gasteiger partial charge on any atom is 0.308 e. The standard InChI is InChI=1S/C22H21ClN2O4/c1-27-22(26)16-11-18(12-16)29-10-9-28-17-7-5-14(6-8-17)21-24-13-15-3-2-4-19(23)20(15)25-21/h2-8,13,16,18H,9-12H2,1H3. The Balaban J connectivity index is 1.28. The van der Waals surface area contributed by atoms with Crippen molar-refractivity contribution >= 4 is 28.5 Å². The molecule has 1 heterocycles. The number of hydrogen-bond donors (Lipinski definition) is 0. The lowest BCUT2D eigenvalue weighted by Gasteiger charge is -2.32. The van der Waals surface area contributed by atoms with E-state index in [4.69, 9.17) is 25.8 Å². The number of esters is 1. The van der Waals surface area contributed by atoms with Gasteiger partial charge >= 0.3 is 5.97 Å². The largest absolute Gasteiger partial charge is 0.491 e. The van der Waals surface area contributed by atoms with Crippen LogP contribution in [0.5, 0.6) is 5.75 Å². The molecule has 0 atom stereocenters. The Morgan fingerprint density at radius 2 is 1.93 bits per heavy atom. The van der Waals surface area contributed by atoms with Gasteiger partial charge in [0.15, 0.2) is 5.82 Å². The number of hydrogen-bond acceptors (Lipinski definition) is 6. The second-order valence-electron chi connectivity index (χ2n) is 6.93. The zero-order valence-corrected chi connectivity index (χ0v) is 16.8. The lowest BCUT2D eigenvalue weighted by Crippen LogP contribution is -2.37. The minimum absolute atomic E-state index is 0.0225. The molecule has 0 N–H and O–H groups in total. The molecule has 1 aliphatic carbocycles. The van der Waals surface area contributed by atoms with E-state index in [9.17, 15) is 4.79 Å². The minimum Gasteiger partial charge on any atom is -0.491 e. The summed E-state index contributed by atoms with van der Waals surface area (Å²) in [5.41, 5.74) is 1.63. The van der Waals surface area contributed by atoms with E-state index in [0.29, 0.717) is 24.1 Å². The summed E-state index contributed by atoms with van der Waals surface area (Å²) in [6.07, 6.45) is 3.33. The molecule has 0 spiro atoms. The second-order valence-corrected chi connectivity index (χ2v) is 7.34. The number of para-hydroxylation sites is 1. The highest BCUT2D eigenvalue weighted by molar-refractivity contribution is 6.35. The quantitative estimate of drug-likeness (QED) is 0.425. The summed E-state index contributed by atoms with van der Waals surface area (Å²) in [4.78, 5) is 20.3. The molecular formula is C22H21ClN2O4. The van der Waals surface area contributed by atoms with Crippen molar-refractivity contribution in [3.63, 3.8) is 0 Å². The van der Waals surface area contributed by atoms with Crippen LogP contribution >= 0.6 is 11.6 Å². The molecule has 2 aromatic carbocycles. The third kappa shape index (κ3) is 4.49. The number of fused-ring (bicyclic) bond motifs is 1. The molecule has 3 aromatic rings. The van der Waals surface area contributed by atoms with E-state index < -0.39 is 0 Å². The summed E-state index contributed by atoms with van der Waals surface area (Å²) in [5.74, 6) is 1.19. The first-order valence-electron chi connectivity index (χ1n) is 9.48. The van der Waals surface area contributed by atoms with Crippen LogP contribution in [0.4, 0.5) is 0 Å². The first kappa shape index (κ1) is 19.6. The zero-order chi connectivity index (χ0) is 20.2. The van der Waals surface area contributed by atoms with Crippen LogP contribution in [0.1, 0.15) is 12.8 Å². The van der Waals surface area contributed by atoms with Gasteiger partial charge in [-0.15, -0.1) is 0 Å². The first-order chi connectivity index (χ1) is 14.1. The fourth-order valence-electron chi connectivity index (χ4n) is 3.29. The van der Waals surface area contributed by atoms with Crippen molar-refractivity contribution < 1.29 is 19.0 Å². The Morgan fingerprint density at radius 3 is 2.69 bits per heavy atom. The van der Waals surface area contributed by atoms with Crippen LogP contribution < -0.4 is 4.74 Å². The Morgan fingerprint density at radius 1 is 1.14 bits per heavy atom. The molecular weight excluding hydrogens is 392 g/mol. The van der Waals surface area contributed by atoms with Gasteiger partial charge in [-0.3, -0.25) is 4.79 Å². The molecule has 29 heavy (non-hydrogen) atoms. The molecule has 0 amide bonds. The monoisotopic (exact) mass is 412 g/mol. The van der Waals surface area contributed by atoms with E-state index >= 15 is 0 Å². The average molecular weight is 413 g/mol. The first-order valence-corrected chi connectivity index (χ1v) is 9.86. The van der Waals surface area contributed by atoms with Gasteiger partial charge in [0.05, 0.1) is 36.3 Å². The molecule has 6 nitrogen and oxygen atoms in total. The average Bonchev–Trinajstić information content (AvgIpc) is 2.72. The molecule has 7 heteroatoms. The molecule has 150 valence electrons. The fraction of sp³-hybridized carbons (Fsp3) is 0.318. The van der Waals surface area contributed by atoms with E-state index in [2.05, 4.69) is 9.97 Å². The van der Waals surface area contributed by atoms with E-state index in [1.807, 2.05) is 42.5 Å². The summed E-state index contributed by atoms with van der Waals surface area (Å²) in [6.45, 7) is 0.924. The topological polar surface area (TPSA) is 70.5 Å². The summed E-state index contributed by atoms with van der Waals surface area (Å²) in [7, 11) is 1.41. The van der Waals surface area contributed by atoms with Gasteiger partial charge in [-0.25, -0.2) is 9.97 Å². The Kier molecular flexibility index (Phi) is 5.92. The molecule has 1 aliphatic rings. The van der Waals surface area contributed by atoms with Crippen molar-refractivity contribution in [2.24, 2.45) is 5.92 Å². The van der Waals surface area contributed by atoms with Crippen LogP contribution in [0, 0.1) is 5.92 Å². The van der Waals surface area contributed by atoms with Crippen molar-refractivity contribution in [2.75, 3.05) is 20.3 Å². The van der Waals surface area contributed by atoms with Crippen LogP contribution in [0.3, 0.4) is 0 Å². The number of carbonyl (C=O) groups is 1. The molecule has 0 unspecified atom stereocenters. The van der Waals surface area contributed by atoms with Crippen molar-refractivity contribution in [1.82, 2.24) is 9.97 Å². The van der Waals surface area contributed by atoms with Gasteiger partial charge in [-0.1, -0.05) is 23.7 Å². The van der Waals surface area contributed by atoms with Gasteiger partial charge in [-0.05, 0) is 43.2 Å². The number of aromatic nitrogens is 2. The van der Waals surface area contributed by atoms with Crippen LogP contribution in [-0.2, 0) is 14.3 Å². The lowest BCUT2D eigenvalue weighted by atomic mass is 9.82. The van der Waals surface area contributed by atoms with Gasteiger partial charge in [0, 0.05) is 17.1 Å². The number of carbonyl (C=O) groups excluding carboxylic acids is 1. The highest BCUT2D eigenvalue weighted by Gasteiger charge is 2.35. The third-order valence-electron chi connectivity index (χ3n) is 5.01.